The van der Waals surface area contributed by atoms with Gasteiger partial charge in [-0.3, -0.25) is 9.59 Å². The Morgan fingerprint density at radius 3 is 2.52 bits per heavy atom. The Morgan fingerprint density at radius 2 is 1.81 bits per heavy atom. The molecule has 0 fully saturated rings. The van der Waals surface area contributed by atoms with E-state index in [1.807, 2.05) is 42.5 Å². The molecule has 1 unspecified atom stereocenters. The second-order valence-electron chi connectivity index (χ2n) is 7.26. The lowest BCUT2D eigenvalue weighted by Crippen LogP contribution is -2.47. The van der Waals surface area contributed by atoms with Gasteiger partial charge in [-0.2, -0.15) is 5.10 Å². The van der Waals surface area contributed by atoms with Gasteiger partial charge in [-0.1, -0.05) is 58.4 Å². The molecular formula is C24H20BrN3O3. The van der Waals surface area contributed by atoms with Gasteiger partial charge in [0.25, 0.3) is 11.8 Å². The van der Waals surface area contributed by atoms with E-state index in [1.54, 1.807) is 41.4 Å². The first kappa shape index (κ1) is 20.8. The van der Waals surface area contributed by atoms with Gasteiger partial charge >= 0.3 is 0 Å². The molecular weight excluding hydrogens is 458 g/mol. The second-order valence-corrected chi connectivity index (χ2v) is 8.18. The molecule has 0 aliphatic carbocycles. The van der Waals surface area contributed by atoms with Gasteiger partial charge in [0, 0.05) is 23.0 Å². The Morgan fingerprint density at radius 1 is 1.10 bits per heavy atom. The van der Waals surface area contributed by atoms with Crippen molar-refractivity contribution in [2.75, 3.05) is 0 Å². The van der Waals surface area contributed by atoms with E-state index in [-0.39, 0.29) is 17.6 Å². The van der Waals surface area contributed by atoms with E-state index < -0.39 is 6.04 Å². The van der Waals surface area contributed by atoms with Crippen LogP contribution in [0.1, 0.15) is 27.0 Å². The number of hydrazone groups is 1. The topological polar surface area (TPSA) is 82.0 Å². The third-order valence-electron chi connectivity index (χ3n) is 5.15. The van der Waals surface area contributed by atoms with E-state index in [1.165, 1.54) is 0 Å². The number of nitrogens with zero attached hydrogens (tertiary/aromatic N) is 2. The van der Waals surface area contributed by atoms with Crippen LogP contribution in [0.5, 0.6) is 5.75 Å². The van der Waals surface area contributed by atoms with Crippen LogP contribution in [0.3, 0.4) is 0 Å². The summed E-state index contributed by atoms with van der Waals surface area (Å²) >= 11 is 3.38. The highest BCUT2D eigenvalue weighted by Gasteiger charge is 2.36. The molecule has 4 rings (SSSR count). The van der Waals surface area contributed by atoms with Gasteiger partial charge in [0.1, 0.15) is 11.8 Å². The fourth-order valence-electron chi connectivity index (χ4n) is 3.52. The number of hydrogen-bond acceptors (Lipinski definition) is 4. The van der Waals surface area contributed by atoms with Crippen molar-refractivity contribution in [2.45, 2.75) is 19.0 Å². The van der Waals surface area contributed by atoms with Crippen molar-refractivity contribution < 1.29 is 14.7 Å². The van der Waals surface area contributed by atoms with Gasteiger partial charge in [-0.15, -0.1) is 0 Å². The van der Waals surface area contributed by atoms with Crippen LogP contribution in [0.2, 0.25) is 0 Å². The molecule has 6 nitrogen and oxygen atoms in total. The van der Waals surface area contributed by atoms with Crippen molar-refractivity contribution in [3.05, 3.63) is 99.5 Å². The number of rotatable bonds is 6. The Balaban J connectivity index is 1.54. The maximum atomic E-state index is 13.1. The maximum Gasteiger partial charge on any atom is 0.263 e. The van der Waals surface area contributed by atoms with Crippen LogP contribution >= 0.6 is 15.9 Å². The van der Waals surface area contributed by atoms with E-state index in [2.05, 4.69) is 26.5 Å². The molecule has 0 spiro atoms. The normalized spacial score (nSPS) is 14.0. The lowest BCUT2D eigenvalue weighted by Gasteiger charge is -2.26. The summed E-state index contributed by atoms with van der Waals surface area (Å²) in [5.74, 6) is -0.400. The highest BCUT2D eigenvalue weighted by Crippen LogP contribution is 2.26. The van der Waals surface area contributed by atoms with Crippen LogP contribution in [-0.2, 0) is 17.8 Å². The number of aromatic hydroxyl groups is 1. The fourth-order valence-corrected chi connectivity index (χ4v) is 3.79. The molecule has 3 aromatic rings. The number of amides is 2. The van der Waals surface area contributed by atoms with Crippen molar-refractivity contribution in [1.29, 1.82) is 0 Å². The van der Waals surface area contributed by atoms with Crippen molar-refractivity contribution in [3.63, 3.8) is 0 Å². The summed E-state index contributed by atoms with van der Waals surface area (Å²) in [6.45, 7) is 0.363. The van der Waals surface area contributed by atoms with Gasteiger partial charge in [-0.05, 0) is 47.0 Å². The average molecular weight is 478 g/mol. The molecule has 1 heterocycles. The molecule has 1 aliphatic heterocycles. The van der Waals surface area contributed by atoms with E-state index >= 15 is 0 Å². The number of phenolic OH excluding ortho intramolecular Hbond substituents is 1. The molecule has 0 bridgehead atoms. The standard InChI is InChI=1S/C24H20BrN3O3/c25-19-9-5-17(6-10-19)14-26-27-23(30)22(13-16-7-11-20(29)12-8-16)28-15-18-3-1-2-4-21(18)24(28)31/h1-12,14,22,29H,13,15H2,(H,27,30). The van der Waals surface area contributed by atoms with Crippen LogP contribution in [0.4, 0.5) is 0 Å². The van der Waals surface area contributed by atoms with Crippen LogP contribution in [0.15, 0.2) is 82.4 Å². The molecule has 3 aromatic carbocycles. The van der Waals surface area contributed by atoms with E-state index in [0.29, 0.717) is 18.5 Å². The minimum atomic E-state index is -0.744. The monoisotopic (exact) mass is 477 g/mol. The molecule has 0 saturated carbocycles. The predicted octanol–water partition coefficient (Wildman–Crippen LogP) is 3.87. The van der Waals surface area contributed by atoms with Crippen molar-refractivity contribution in [3.8, 4) is 5.75 Å². The summed E-state index contributed by atoms with van der Waals surface area (Å²) in [4.78, 5) is 27.6. The summed E-state index contributed by atoms with van der Waals surface area (Å²) in [7, 11) is 0. The molecule has 1 aliphatic rings. The highest BCUT2D eigenvalue weighted by atomic mass is 79.9. The number of nitrogens with one attached hydrogen (secondary N) is 1. The first-order valence-electron chi connectivity index (χ1n) is 9.76. The second kappa shape index (κ2) is 9.14. The first-order chi connectivity index (χ1) is 15.0. The SMILES string of the molecule is O=C(NN=Cc1ccc(Br)cc1)C(Cc1ccc(O)cc1)N1Cc2ccccc2C1=O. The quantitative estimate of drug-likeness (QED) is 0.417. The third-order valence-corrected chi connectivity index (χ3v) is 5.68. The summed E-state index contributed by atoms with van der Waals surface area (Å²) in [5.41, 5.74) is 5.76. The number of carbonyl (C=O) groups excluding carboxylic acids is 2. The average Bonchev–Trinajstić information content (AvgIpc) is 3.11. The molecule has 156 valence electrons. The van der Waals surface area contributed by atoms with Gasteiger partial charge < -0.3 is 10.0 Å². The minimum Gasteiger partial charge on any atom is -0.508 e. The number of hydrogen-bond donors (Lipinski definition) is 2. The zero-order valence-corrected chi connectivity index (χ0v) is 18.1. The van der Waals surface area contributed by atoms with Crippen LogP contribution in [-0.4, -0.2) is 34.1 Å². The van der Waals surface area contributed by atoms with E-state index in [4.69, 9.17) is 0 Å². The zero-order valence-electron chi connectivity index (χ0n) is 16.5. The Bertz CT molecular complexity index is 1130. The summed E-state index contributed by atoms with van der Waals surface area (Å²) in [6.07, 6.45) is 1.86. The molecule has 7 heteroatoms. The number of phenols is 1. The van der Waals surface area contributed by atoms with Crippen LogP contribution in [0.25, 0.3) is 0 Å². The molecule has 0 saturated heterocycles. The van der Waals surface area contributed by atoms with Crippen molar-refractivity contribution in [2.24, 2.45) is 5.10 Å². The smallest absolute Gasteiger partial charge is 0.263 e. The van der Waals surface area contributed by atoms with Crippen molar-refractivity contribution >= 4 is 34.0 Å². The molecule has 0 radical (unpaired) electrons. The van der Waals surface area contributed by atoms with E-state index in [9.17, 15) is 14.7 Å². The molecule has 1 atom stereocenters. The summed E-state index contributed by atoms with van der Waals surface area (Å²) < 4.78 is 0.953. The van der Waals surface area contributed by atoms with E-state index in [0.717, 1.165) is 21.2 Å². The molecule has 31 heavy (non-hydrogen) atoms. The third kappa shape index (κ3) is 4.83. The Labute approximate surface area is 188 Å². The molecule has 0 aromatic heterocycles. The van der Waals surface area contributed by atoms with Crippen LogP contribution in [0, 0.1) is 0 Å². The fraction of sp³-hybridized carbons (Fsp3) is 0.125. The number of halogens is 1. The van der Waals surface area contributed by atoms with Crippen LogP contribution < -0.4 is 5.43 Å². The van der Waals surface area contributed by atoms with Gasteiger partial charge in [0.05, 0.1) is 6.21 Å². The largest absolute Gasteiger partial charge is 0.508 e. The number of carbonyl (C=O) groups is 2. The Hall–Kier alpha value is -3.45. The first-order valence-corrected chi connectivity index (χ1v) is 10.6. The number of fused-ring (bicyclic) bond motifs is 1. The number of benzene rings is 3. The summed E-state index contributed by atoms with van der Waals surface area (Å²) in [6, 6.07) is 20.8. The maximum absolute atomic E-state index is 13.1. The zero-order chi connectivity index (χ0) is 21.8. The predicted molar refractivity (Wildman–Crippen MR) is 122 cm³/mol. The minimum absolute atomic E-state index is 0.147. The highest BCUT2D eigenvalue weighted by molar-refractivity contribution is 9.10. The lowest BCUT2D eigenvalue weighted by molar-refractivity contribution is -0.125. The molecule has 2 amide bonds. The van der Waals surface area contributed by atoms with Gasteiger partial charge in [-0.25, -0.2) is 5.43 Å². The lowest BCUT2D eigenvalue weighted by atomic mass is 10.0. The van der Waals surface area contributed by atoms with Gasteiger partial charge in [0.2, 0.25) is 0 Å². The van der Waals surface area contributed by atoms with Gasteiger partial charge in [0.15, 0.2) is 0 Å². The summed E-state index contributed by atoms with van der Waals surface area (Å²) in [5, 5.41) is 13.6. The Kier molecular flexibility index (Phi) is 6.13. The molecule has 2 N–H and O–H groups in total. The van der Waals surface area contributed by atoms with Crippen molar-refractivity contribution in [1.82, 2.24) is 10.3 Å².